The van der Waals surface area contributed by atoms with Gasteiger partial charge in [0.2, 0.25) is 0 Å². The van der Waals surface area contributed by atoms with Crippen LogP contribution in [0.2, 0.25) is 0 Å². The summed E-state index contributed by atoms with van der Waals surface area (Å²) in [6.45, 7) is 0. The van der Waals surface area contributed by atoms with E-state index in [0.717, 1.165) is 17.7 Å². The van der Waals surface area contributed by atoms with Crippen molar-refractivity contribution < 1.29 is 1.43 Å². The number of aromatic nitrogens is 1. The number of anilines is 1. The average molecular weight is 292 g/mol. The summed E-state index contributed by atoms with van der Waals surface area (Å²) >= 11 is 0. The van der Waals surface area contributed by atoms with Crippen LogP contribution >= 0.6 is 0 Å². The van der Waals surface area contributed by atoms with Gasteiger partial charge >= 0.3 is 0 Å². The fourth-order valence-corrected chi connectivity index (χ4v) is 1.84. The number of nitrogens with two attached hydrogens (primary N) is 1. The topological polar surface area (TPSA) is 75.1 Å². The molecule has 2 aromatic rings. The first kappa shape index (κ1) is 15.4. The van der Waals surface area contributed by atoms with Crippen molar-refractivity contribution >= 4 is 23.7 Å². The highest BCUT2D eigenvalue weighted by Crippen LogP contribution is 2.20. The van der Waals surface area contributed by atoms with Gasteiger partial charge in [0.1, 0.15) is 0 Å². The summed E-state index contributed by atoms with van der Waals surface area (Å²) in [5.41, 5.74) is 9.71. The van der Waals surface area contributed by atoms with Gasteiger partial charge < -0.3 is 11.1 Å². The van der Waals surface area contributed by atoms with E-state index in [1.165, 1.54) is 17.4 Å². The Balaban J connectivity index is 0.000000253. The first-order valence-corrected chi connectivity index (χ1v) is 6.93. The molecule has 0 amide bonds. The van der Waals surface area contributed by atoms with E-state index in [9.17, 15) is 0 Å². The van der Waals surface area contributed by atoms with Gasteiger partial charge in [-0.1, -0.05) is 18.2 Å². The zero-order chi connectivity index (χ0) is 15.6. The first-order valence-electron chi connectivity index (χ1n) is 6.93. The van der Waals surface area contributed by atoms with Gasteiger partial charge in [0, 0.05) is 38.1 Å². The molecule has 0 unspecified atom stereocenters. The summed E-state index contributed by atoms with van der Waals surface area (Å²) in [5, 5.41) is 6.79. The summed E-state index contributed by atoms with van der Waals surface area (Å²) in [4.78, 5) is 7.94. The lowest BCUT2D eigenvalue weighted by molar-refractivity contribution is 1.32. The number of hydrogen-bond acceptors (Lipinski definition) is 4. The van der Waals surface area contributed by atoms with Crippen LogP contribution < -0.4 is 5.73 Å². The molecular formula is C18H20N4. The van der Waals surface area contributed by atoms with Crippen LogP contribution in [-0.4, -0.2) is 17.4 Å². The maximum absolute atomic E-state index is 6.79. The molecule has 3 N–H and O–H groups in total. The molecule has 0 aliphatic carbocycles. The highest BCUT2D eigenvalue weighted by Gasteiger charge is 2.00. The second kappa shape index (κ2) is 8.32. The maximum Gasteiger partial charge on any atom is 0.0314 e. The zero-order valence-electron chi connectivity index (χ0n) is 12.2. The van der Waals surface area contributed by atoms with Crippen LogP contribution in [0.3, 0.4) is 0 Å². The second-order valence-corrected chi connectivity index (χ2v) is 4.63. The monoisotopic (exact) mass is 292 g/mol. The van der Waals surface area contributed by atoms with Gasteiger partial charge in [0.05, 0.1) is 0 Å². The quantitative estimate of drug-likeness (QED) is 0.649. The molecule has 0 fully saturated rings. The van der Waals surface area contributed by atoms with E-state index in [4.69, 9.17) is 11.1 Å². The third-order valence-electron chi connectivity index (χ3n) is 3.03. The molecule has 0 bridgehead atoms. The van der Waals surface area contributed by atoms with Gasteiger partial charge in [-0.2, -0.15) is 0 Å². The van der Waals surface area contributed by atoms with Crippen molar-refractivity contribution in [2.24, 2.45) is 4.99 Å². The Hall–Kier alpha value is -3.01. The predicted molar refractivity (Wildman–Crippen MR) is 95.3 cm³/mol. The molecule has 4 heteroatoms. The molecule has 0 spiro atoms. The van der Waals surface area contributed by atoms with Crippen molar-refractivity contribution in [2.45, 2.75) is 6.42 Å². The highest BCUT2D eigenvalue weighted by atomic mass is 14.7. The smallest absolute Gasteiger partial charge is 0.0314 e. The summed E-state index contributed by atoms with van der Waals surface area (Å²) in [6, 6.07) is 11.4. The second-order valence-electron chi connectivity index (χ2n) is 4.63. The normalized spacial score (nSPS) is 12.6. The number of pyridine rings is 1. The molecule has 4 nitrogen and oxygen atoms in total. The van der Waals surface area contributed by atoms with Crippen molar-refractivity contribution in [1.82, 2.24) is 4.98 Å². The number of hydrogen-bond donors (Lipinski definition) is 2. The van der Waals surface area contributed by atoms with Crippen molar-refractivity contribution in [3.63, 3.8) is 0 Å². The zero-order valence-corrected chi connectivity index (χ0v) is 12.2. The van der Waals surface area contributed by atoms with E-state index in [1.807, 2.05) is 36.5 Å². The Kier molecular flexibility index (Phi) is 5.81. The Morgan fingerprint density at radius 3 is 2.45 bits per heavy atom. The number of nitrogens with one attached hydrogen (secondary N) is 1. The van der Waals surface area contributed by atoms with Gasteiger partial charge in [-0.15, -0.1) is 0 Å². The number of rotatable bonds is 2. The molecule has 0 saturated heterocycles. The minimum Gasteiger partial charge on any atom is -0.399 e. The Bertz CT molecular complexity index is 689. The number of nitrogen functional groups attached to an aromatic ring is 1. The van der Waals surface area contributed by atoms with Crippen LogP contribution in [0.4, 0.5) is 5.69 Å². The summed E-state index contributed by atoms with van der Waals surface area (Å²) in [6.07, 6.45) is 13.3. The molecule has 1 aromatic heterocycles. The first-order chi connectivity index (χ1) is 10.8. The molecule has 112 valence electrons. The fraction of sp³-hybridized carbons (Fsp3) is 0.0556. The molecule has 3 rings (SSSR count). The number of nitrogens with zero attached hydrogens (tertiary/aromatic N) is 2. The SMILES string of the molecule is N=Cc1ccncc1.Nc1ccc(C2=CN=CC=CC2)cc1.[HH]. The van der Waals surface area contributed by atoms with Crippen molar-refractivity contribution in [3.8, 4) is 0 Å². The highest BCUT2D eigenvalue weighted by molar-refractivity contribution is 5.77. The average Bonchev–Trinajstić information content (AvgIpc) is 2.86. The van der Waals surface area contributed by atoms with E-state index < -0.39 is 0 Å². The molecule has 0 saturated carbocycles. The molecule has 0 atom stereocenters. The van der Waals surface area contributed by atoms with Crippen molar-refractivity contribution in [2.75, 3.05) is 5.73 Å². The van der Waals surface area contributed by atoms with Gasteiger partial charge in [-0.25, -0.2) is 0 Å². The lowest BCUT2D eigenvalue weighted by atomic mass is 10.0. The summed E-state index contributed by atoms with van der Waals surface area (Å²) in [7, 11) is 0. The molecule has 2 heterocycles. The molecule has 1 aromatic carbocycles. The van der Waals surface area contributed by atoms with Crippen LogP contribution in [0.25, 0.3) is 5.57 Å². The van der Waals surface area contributed by atoms with Crippen LogP contribution in [0.1, 0.15) is 19.0 Å². The van der Waals surface area contributed by atoms with E-state index in [0.29, 0.717) is 0 Å². The largest absolute Gasteiger partial charge is 0.399 e. The Morgan fingerprint density at radius 1 is 1.09 bits per heavy atom. The van der Waals surface area contributed by atoms with Gasteiger partial charge in [0.25, 0.3) is 0 Å². The van der Waals surface area contributed by atoms with Crippen LogP contribution in [0.15, 0.2) is 72.1 Å². The number of benzene rings is 1. The van der Waals surface area contributed by atoms with E-state index in [-0.39, 0.29) is 1.43 Å². The lowest BCUT2D eigenvalue weighted by Gasteiger charge is -2.03. The minimum absolute atomic E-state index is 0. The standard InChI is InChI=1S/C12H12N2.C6H6N2.H2/c13-12-6-4-10(5-7-12)11-3-1-2-8-14-9-11;7-5-6-1-3-8-4-2-6;/h1-2,4-9H,3,13H2;1-5,7H;1H. The molecule has 1 aliphatic rings. The molecular weight excluding hydrogens is 272 g/mol. The maximum atomic E-state index is 6.79. The van der Waals surface area contributed by atoms with Crippen LogP contribution in [0, 0.1) is 5.41 Å². The molecule has 1 aliphatic heterocycles. The van der Waals surface area contributed by atoms with Crippen LogP contribution in [-0.2, 0) is 0 Å². The van der Waals surface area contributed by atoms with Crippen molar-refractivity contribution in [3.05, 3.63) is 78.3 Å². The third kappa shape index (κ3) is 4.83. The Morgan fingerprint density at radius 2 is 1.82 bits per heavy atom. The number of aliphatic imine (C=N–C) groups is 1. The Labute approximate surface area is 131 Å². The van der Waals surface area contributed by atoms with Gasteiger partial charge in [-0.05, 0) is 53.5 Å². The lowest BCUT2D eigenvalue weighted by Crippen LogP contribution is -1.86. The van der Waals surface area contributed by atoms with Gasteiger partial charge in [0.15, 0.2) is 0 Å². The van der Waals surface area contributed by atoms with E-state index in [1.54, 1.807) is 30.7 Å². The van der Waals surface area contributed by atoms with Crippen molar-refractivity contribution in [1.29, 1.82) is 5.41 Å². The van der Waals surface area contributed by atoms with Crippen LogP contribution in [0.5, 0.6) is 0 Å². The molecule has 22 heavy (non-hydrogen) atoms. The predicted octanol–water partition coefficient (Wildman–Crippen LogP) is 3.97. The van der Waals surface area contributed by atoms with E-state index >= 15 is 0 Å². The van der Waals surface area contributed by atoms with Gasteiger partial charge in [-0.3, -0.25) is 9.98 Å². The third-order valence-corrected chi connectivity index (χ3v) is 3.03. The fourth-order valence-electron chi connectivity index (χ4n) is 1.84. The van der Waals surface area contributed by atoms with E-state index in [2.05, 4.69) is 16.1 Å². The molecule has 0 radical (unpaired) electrons. The number of allylic oxidation sites excluding steroid dienone is 3. The minimum atomic E-state index is 0. The summed E-state index contributed by atoms with van der Waals surface area (Å²) < 4.78 is 0. The summed E-state index contributed by atoms with van der Waals surface area (Å²) in [5.74, 6) is 0.